The van der Waals surface area contributed by atoms with E-state index in [1.54, 1.807) is 0 Å². The molecule has 276 valence electrons. The smallest absolute Gasteiger partial charge is 0.193 e. The molecule has 59 heavy (non-hydrogen) atoms. The number of fused-ring (bicyclic) bond motifs is 8. The van der Waals surface area contributed by atoms with Crippen LogP contribution < -0.4 is 0 Å². The van der Waals surface area contributed by atoms with Crippen molar-refractivity contribution in [3.05, 3.63) is 252 Å². The van der Waals surface area contributed by atoms with E-state index < -0.39 is 5.41 Å². The molecular formula is C56H36N2O. The van der Waals surface area contributed by atoms with Gasteiger partial charge in [-0.3, -0.25) is 4.79 Å². The zero-order valence-corrected chi connectivity index (χ0v) is 32.1. The molecule has 0 N–H and O–H groups in total. The van der Waals surface area contributed by atoms with Gasteiger partial charge in [0.25, 0.3) is 0 Å². The summed E-state index contributed by atoms with van der Waals surface area (Å²) in [6, 6.07) is 77.5. The molecule has 9 aromatic carbocycles. The van der Waals surface area contributed by atoms with Crippen LogP contribution in [-0.4, -0.2) is 14.9 Å². The summed E-state index contributed by atoms with van der Waals surface area (Å²) >= 11 is 0. The molecule has 1 aliphatic carbocycles. The van der Waals surface area contributed by atoms with Crippen molar-refractivity contribution in [2.45, 2.75) is 5.41 Å². The molecule has 0 aliphatic heterocycles. The average Bonchev–Trinajstić information content (AvgIpc) is 3.81. The van der Waals surface area contributed by atoms with Gasteiger partial charge in [0, 0.05) is 44.0 Å². The van der Waals surface area contributed by atoms with E-state index in [1.807, 2.05) is 12.1 Å². The fourth-order valence-electron chi connectivity index (χ4n) is 10.1. The third-order valence-electron chi connectivity index (χ3n) is 12.6. The van der Waals surface area contributed by atoms with Crippen LogP contribution in [0.3, 0.4) is 0 Å². The van der Waals surface area contributed by atoms with Crippen LogP contribution in [0.4, 0.5) is 0 Å². The molecule has 12 rings (SSSR count). The second kappa shape index (κ2) is 12.9. The second-order valence-corrected chi connectivity index (χ2v) is 15.6. The molecule has 0 saturated heterocycles. The van der Waals surface area contributed by atoms with Crippen molar-refractivity contribution >= 4 is 49.4 Å². The molecule has 0 spiro atoms. The molecule has 0 amide bonds. The first kappa shape index (κ1) is 33.4. The second-order valence-electron chi connectivity index (χ2n) is 15.6. The summed E-state index contributed by atoms with van der Waals surface area (Å²) in [6.07, 6.45) is 0. The highest BCUT2D eigenvalue weighted by atomic mass is 16.1. The van der Waals surface area contributed by atoms with E-state index in [4.69, 9.17) is 0 Å². The maximum atomic E-state index is 14.6. The average molecular weight is 753 g/mol. The van der Waals surface area contributed by atoms with Crippen LogP contribution in [0.5, 0.6) is 0 Å². The first-order chi connectivity index (χ1) is 29.2. The van der Waals surface area contributed by atoms with Gasteiger partial charge in [-0.15, -0.1) is 0 Å². The molecule has 0 fully saturated rings. The Morgan fingerprint density at radius 3 is 1.37 bits per heavy atom. The Labute approximate surface area is 341 Å². The lowest BCUT2D eigenvalue weighted by Gasteiger charge is -2.41. The molecule has 0 saturated carbocycles. The van der Waals surface area contributed by atoms with Crippen LogP contribution in [0.1, 0.15) is 38.2 Å². The topological polar surface area (TPSA) is 26.9 Å². The minimum atomic E-state index is -0.653. The third-order valence-corrected chi connectivity index (χ3v) is 12.6. The summed E-state index contributed by atoms with van der Waals surface area (Å²) < 4.78 is 4.78. The molecule has 0 bridgehead atoms. The van der Waals surface area contributed by atoms with Crippen LogP contribution in [0.15, 0.2) is 218 Å². The van der Waals surface area contributed by atoms with E-state index in [9.17, 15) is 4.79 Å². The van der Waals surface area contributed by atoms with Gasteiger partial charge in [-0.1, -0.05) is 164 Å². The highest BCUT2D eigenvalue weighted by Crippen LogP contribution is 2.51. The Hall–Kier alpha value is -7.75. The molecule has 1 aliphatic rings. The van der Waals surface area contributed by atoms with Gasteiger partial charge in [0.1, 0.15) is 0 Å². The number of hydrogen-bond acceptors (Lipinski definition) is 1. The Balaban J connectivity index is 1.02. The number of hydrogen-bond donors (Lipinski definition) is 0. The zero-order chi connectivity index (χ0) is 39.1. The monoisotopic (exact) mass is 752 g/mol. The number of nitrogens with zero attached hydrogens (tertiary/aromatic N) is 2. The van der Waals surface area contributed by atoms with Crippen molar-refractivity contribution in [2.75, 3.05) is 0 Å². The summed E-state index contributed by atoms with van der Waals surface area (Å²) in [5.41, 5.74) is 14.1. The van der Waals surface area contributed by atoms with Gasteiger partial charge >= 0.3 is 0 Å². The number of aromatic nitrogens is 2. The van der Waals surface area contributed by atoms with Crippen molar-refractivity contribution in [2.24, 2.45) is 0 Å². The first-order valence-corrected chi connectivity index (χ1v) is 20.2. The van der Waals surface area contributed by atoms with E-state index >= 15 is 0 Å². The molecule has 11 aromatic rings. The minimum absolute atomic E-state index is 0.0572. The molecule has 2 aromatic heterocycles. The predicted molar refractivity (Wildman–Crippen MR) is 242 cm³/mol. The van der Waals surface area contributed by atoms with Crippen LogP contribution in [0, 0.1) is 0 Å². The van der Waals surface area contributed by atoms with Gasteiger partial charge in [-0.25, -0.2) is 0 Å². The van der Waals surface area contributed by atoms with E-state index in [0.717, 1.165) is 61.4 Å². The molecule has 3 nitrogen and oxygen atoms in total. The van der Waals surface area contributed by atoms with E-state index in [-0.39, 0.29) is 5.78 Å². The van der Waals surface area contributed by atoms with Crippen LogP contribution in [0.25, 0.3) is 66.1 Å². The van der Waals surface area contributed by atoms with E-state index in [1.165, 1.54) is 38.1 Å². The van der Waals surface area contributed by atoms with Crippen molar-refractivity contribution in [1.29, 1.82) is 0 Å². The SMILES string of the molecule is O=C1c2ccccc2C(c2ccccc2)(c2ccccc2)c2ccc(-c3ccc(-n4c5ccccc5c5cc6c(cc54)c4ccccc4n6-c4ccccc4)cc3)cc21. The molecule has 3 heteroatoms. The van der Waals surface area contributed by atoms with Gasteiger partial charge in [-0.2, -0.15) is 0 Å². The predicted octanol–water partition coefficient (Wildman–Crippen LogP) is 13.5. The lowest BCUT2D eigenvalue weighted by Crippen LogP contribution is -2.38. The largest absolute Gasteiger partial charge is 0.309 e. The van der Waals surface area contributed by atoms with Crippen LogP contribution in [-0.2, 0) is 5.41 Å². The van der Waals surface area contributed by atoms with Gasteiger partial charge in [0.15, 0.2) is 5.78 Å². The maximum Gasteiger partial charge on any atom is 0.193 e. The summed E-state index contributed by atoms with van der Waals surface area (Å²) in [5, 5.41) is 4.88. The van der Waals surface area contributed by atoms with Gasteiger partial charge in [0.2, 0.25) is 0 Å². The summed E-state index contributed by atoms with van der Waals surface area (Å²) in [4.78, 5) is 14.6. The van der Waals surface area contributed by atoms with Crippen molar-refractivity contribution < 1.29 is 4.79 Å². The minimum Gasteiger partial charge on any atom is -0.309 e. The fourth-order valence-corrected chi connectivity index (χ4v) is 10.1. The van der Waals surface area contributed by atoms with Gasteiger partial charge in [0.05, 0.1) is 27.5 Å². The highest BCUT2D eigenvalue weighted by molar-refractivity contribution is 6.19. The molecule has 2 heterocycles. The number of para-hydroxylation sites is 3. The van der Waals surface area contributed by atoms with E-state index in [0.29, 0.717) is 0 Å². The van der Waals surface area contributed by atoms with Gasteiger partial charge in [-0.05, 0) is 88.0 Å². The summed E-state index contributed by atoms with van der Waals surface area (Å²) in [7, 11) is 0. The maximum absolute atomic E-state index is 14.6. The van der Waals surface area contributed by atoms with Crippen LogP contribution in [0.2, 0.25) is 0 Å². The van der Waals surface area contributed by atoms with Crippen molar-refractivity contribution in [3.63, 3.8) is 0 Å². The normalized spacial score (nSPS) is 13.3. The molecule has 0 unspecified atom stereocenters. The quantitative estimate of drug-likeness (QED) is 0.172. The zero-order valence-electron chi connectivity index (χ0n) is 32.1. The lowest BCUT2D eigenvalue weighted by atomic mass is 9.59. The lowest BCUT2D eigenvalue weighted by molar-refractivity contribution is 0.103. The highest BCUT2D eigenvalue weighted by Gasteiger charge is 2.46. The number of benzene rings is 9. The summed E-state index contributed by atoms with van der Waals surface area (Å²) in [6.45, 7) is 0. The van der Waals surface area contributed by atoms with Crippen molar-refractivity contribution in [1.82, 2.24) is 9.13 Å². The number of ketones is 1. The Morgan fingerprint density at radius 2 is 0.780 bits per heavy atom. The first-order valence-electron chi connectivity index (χ1n) is 20.2. The molecule has 0 atom stereocenters. The molecular weight excluding hydrogens is 717 g/mol. The van der Waals surface area contributed by atoms with E-state index in [2.05, 4.69) is 215 Å². The fraction of sp³-hybridized carbons (Fsp3) is 0.0179. The van der Waals surface area contributed by atoms with Gasteiger partial charge < -0.3 is 9.13 Å². The number of carbonyl (C=O) groups is 1. The Kier molecular flexibility index (Phi) is 7.29. The third kappa shape index (κ3) is 4.79. The Bertz CT molecular complexity index is 3390. The van der Waals surface area contributed by atoms with Crippen molar-refractivity contribution in [3.8, 4) is 22.5 Å². The summed E-state index contributed by atoms with van der Waals surface area (Å²) in [5.74, 6) is 0.0572. The Morgan fingerprint density at radius 1 is 0.322 bits per heavy atom. The standard InChI is InChI=1S/C56H36N2O/c59-55-45-24-10-13-25-49(45)56(39-16-4-1-5-17-39,40-18-6-2-7-19-40)50-33-30-38(34-48(50)55)37-28-31-42(32-29-37)58-52-27-15-12-23-44(52)47-35-53-46(36-54(47)58)43-22-11-14-26-51(43)57(53)41-20-8-3-9-21-41/h1-36H. The molecule has 0 radical (unpaired) electrons. The van der Waals surface area contributed by atoms with Crippen LogP contribution >= 0.6 is 0 Å². The number of rotatable bonds is 5. The number of carbonyl (C=O) groups excluding carboxylic acids is 1.